The second-order valence-corrected chi connectivity index (χ2v) is 4.34. The number of imidazole rings is 1. The molecule has 0 amide bonds. The Balaban J connectivity index is 2.12. The summed E-state index contributed by atoms with van der Waals surface area (Å²) in [5, 5.41) is 0.452. The number of hydrogen-bond acceptors (Lipinski definition) is 5. The number of morpholine rings is 1. The maximum absolute atomic E-state index is 5.88. The number of ether oxygens (including phenoxy) is 1. The van der Waals surface area contributed by atoms with Crippen molar-refractivity contribution in [3.63, 3.8) is 0 Å². The first-order valence-electron chi connectivity index (χ1n) is 5.15. The van der Waals surface area contributed by atoms with E-state index in [0.717, 1.165) is 18.9 Å². The summed E-state index contributed by atoms with van der Waals surface area (Å²) in [5.74, 6) is 0.725. The fraction of sp³-hybridized carbons (Fsp3) is 0.444. The van der Waals surface area contributed by atoms with E-state index in [1.807, 2.05) is 0 Å². The molecular weight excluding hydrogens is 265 g/mol. The molecule has 1 N–H and O–H groups in total. The standard InChI is InChI=1S/C9H9Cl2N5O/c10-8-12-5-6(13-8)14-9(11)15-7(5)16-1-3-17-4-2-16/h1-4H2,(H,12,13,14,15). The Hall–Kier alpha value is -1.11. The van der Waals surface area contributed by atoms with Gasteiger partial charge in [-0.3, -0.25) is 0 Å². The second kappa shape index (κ2) is 4.29. The molecule has 0 bridgehead atoms. The van der Waals surface area contributed by atoms with Crippen molar-refractivity contribution < 1.29 is 4.74 Å². The Bertz CT molecular complexity index is 552. The summed E-state index contributed by atoms with van der Waals surface area (Å²) < 4.78 is 5.30. The SMILES string of the molecule is Clc1nc(N2CCOCC2)c2[nH]c(Cl)nc2n1. The van der Waals surface area contributed by atoms with Gasteiger partial charge in [-0.05, 0) is 23.2 Å². The molecule has 2 aromatic heterocycles. The van der Waals surface area contributed by atoms with Crippen molar-refractivity contribution >= 4 is 40.2 Å². The van der Waals surface area contributed by atoms with Crippen LogP contribution >= 0.6 is 23.2 Å². The third-order valence-electron chi connectivity index (χ3n) is 2.59. The van der Waals surface area contributed by atoms with E-state index in [2.05, 4.69) is 24.8 Å². The third-order valence-corrected chi connectivity index (χ3v) is 2.93. The van der Waals surface area contributed by atoms with E-state index in [0.29, 0.717) is 24.4 Å². The zero-order valence-corrected chi connectivity index (χ0v) is 10.3. The zero-order chi connectivity index (χ0) is 11.8. The van der Waals surface area contributed by atoms with Gasteiger partial charge in [-0.2, -0.15) is 15.0 Å². The van der Waals surface area contributed by atoms with Gasteiger partial charge < -0.3 is 14.6 Å². The smallest absolute Gasteiger partial charge is 0.226 e. The average molecular weight is 274 g/mol. The largest absolute Gasteiger partial charge is 0.378 e. The second-order valence-electron chi connectivity index (χ2n) is 3.64. The molecule has 1 fully saturated rings. The third kappa shape index (κ3) is 2.03. The minimum atomic E-state index is 0.169. The summed E-state index contributed by atoms with van der Waals surface area (Å²) in [6, 6.07) is 0. The number of H-pyrrole nitrogens is 1. The molecule has 8 heteroatoms. The number of anilines is 1. The lowest BCUT2D eigenvalue weighted by molar-refractivity contribution is 0.122. The molecule has 0 spiro atoms. The van der Waals surface area contributed by atoms with Crippen LogP contribution in [0.3, 0.4) is 0 Å². The number of hydrogen-bond donors (Lipinski definition) is 1. The van der Waals surface area contributed by atoms with Crippen LogP contribution in [0.1, 0.15) is 0 Å². The Morgan fingerprint density at radius 3 is 2.65 bits per heavy atom. The molecule has 0 saturated carbocycles. The van der Waals surface area contributed by atoms with E-state index in [1.165, 1.54) is 0 Å². The maximum atomic E-state index is 5.88. The van der Waals surface area contributed by atoms with Gasteiger partial charge >= 0.3 is 0 Å². The lowest BCUT2D eigenvalue weighted by atomic mass is 10.4. The summed E-state index contributed by atoms with van der Waals surface area (Å²) in [6.45, 7) is 2.87. The van der Waals surface area contributed by atoms with Crippen LogP contribution in [0, 0.1) is 0 Å². The van der Waals surface area contributed by atoms with E-state index in [9.17, 15) is 0 Å². The molecule has 3 heterocycles. The van der Waals surface area contributed by atoms with Gasteiger partial charge in [-0.1, -0.05) is 0 Å². The Kier molecular flexibility index (Phi) is 2.78. The van der Waals surface area contributed by atoms with Crippen LogP contribution in [0.15, 0.2) is 0 Å². The van der Waals surface area contributed by atoms with Crippen molar-refractivity contribution in [1.29, 1.82) is 0 Å². The van der Waals surface area contributed by atoms with Crippen LogP contribution in [0.5, 0.6) is 0 Å². The van der Waals surface area contributed by atoms with E-state index in [4.69, 9.17) is 27.9 Å². The molecule has 17 heavy (non-hydrogen) atoms. The predicted octanol–water partition coefficient (Wildman–Crippen LogP) is 1.50. The molecule has 6 nitrogen and oxygen atoms in total. The van der Waals surface area contributed by atoms with Crippen molar-refractivity contribution in [3.05, 3.63) is 10.6 Å². The lowest BCUT2D eigenvalue weighted by Gasteiger charge is -2.27. The highest BCUT2D eigenvalue weighted by Gasteiger charge is 2.19. The number of aromatic amines is 1. The first-order valence-corrected chi connectivity index (χ1v) is 5.91. The molecule has 0 atom stereocenters. The quantitative estimate of drug-likeness (QED) is 0.630. The molecule has 1 saturated heterocycles. The van der Waals surface area contributed by atoms with Crippen molar-refractivity contribution in [3.8, 4) is 0 Å². The van der Waals surface area contributed by atoms with Crippen molar-refractivity contribution in [2.45, 2.75) is 0 Å². The summed E-state index contributed by atoms with van der Waals surface area (Å²) in [5.41, 5.74) is 1.19. The number of nitrogens with one attached hydrogen (secondary N) is 1. The predicted molar refractivity (Wildman–Crippen MR) is 64.7 cm³/mol. The van der Waals surface area contributed by atoms with Gasteiger partial charge in [-0.25, -0.2) is 0 Å². The molecule has 0 aromatic carbocycles. The summed E-state index contributed by atoms with van der Waals surface area (Å²) >= 11 is 11.7. The monoisotopic (exact) mass is 273 g/mol. The van der Waals surface area contributed by atoms with Crippen LogP contribution in [0.25, 0.3) is 11.2 Å². The Labute approximate surface area is 107 Å². The zero-order valence-electron chi connectivity index (χ0n) is 8.78. The Morgan fingerprint density at radius 2 is 1.88 bits per heavy atom. The van der Waals surface area contributed by atoms with Gasteiger partial charge in [-0.15, -0.1) is 0 Å². The number of aromatic nitrogens is 4. The highest BCUT2D eigenvalue weighted by molar-refractivity contribution is 6.30. The number of halogens is 2. The van der Waals surface area contributed by atoms with E-state index < -0.39 is 0 Å². The molecule has 0 aliphatic carbocycles. The number of rotatable bonds is 1. The molecule has 0 radical (unpaired) electrons. The number of nitrogens with zero attached hydrogens (tertiary/aromatic N) is 4. The Morgan fingerprint density at radius 1 is 1.12 bits per heavy atom. The summed E-state index contributed by atoms with van der Waals surface area (Å²) in [7, 11) is 0. The van der Waals surface area contributed by atoms with Crippen LogP contribution in [-0.4, -0.2) is 46.2 Å². The molecule has 0 unspecified atom stereocenters. The first-order chi connectivity index (χ1) is 8.24. The van der Waals surface area contributed by atoms with Crippen molar-refractivity contribution in [2.24, 2.45) is 0 Å². The van der Waals surface area contributed by atoms with Crippen LogP contribution in [-0.2, 0) is 4.74 Å². The summed E-state index contributed by atoms with van der Waals surface area (Å²) in [6.07, 6.45) is 0. The van der Waals surface area contributed by atoms with Gasteiger partial charge in [0, 0.05) is 13.1 Å². The van der Waals surface area contributed by atoms with Gasteiger partial charge in [0.25, 0.3) is 0 Å². The summed E-state index contributed by atoms with van der Waals surface area (Å²) in [4.78, 5) is 17.3. The average Bonchev–Trinajstić information content (AvgIpc) is 2.69. The van der Waals surface area contributed by atoms with Crippen LogP contribution in [0.4, 0.5) is 5.82 Å². The lowest BCUT2D eigenvalue weighted by Crippen LogP contribution is -2.37. The fourth-order valence-electron chi connectivity index (χ4n) is 1.83. The highest BCUT2D eigenvalue weighted by atomic mass is 35.5. The molecule has 1 aliphatic heterocycles. The molecule has 3 rings (SSSR count). The molecule has 2 aromatic rings. The fourth-order valence-corrected chi connectivity index (χ4v) is 2.17. The van der Waals surface area contributed by atoms with Crippen molar-refractivity contribution in [1.82, 2.24) is 19.9 Å². The van der Waals surface area contributed by atoms with Gasteiger partial charge in [0.2, 0.25) is 10.6 Å². The van der Waals surface area contributed by atoms with Crippen LogP contribution in [0.2, 0.25) is 10.6 Å². The van der Waals surface area contributed by atoms with E-state index in [1.54, 1.807) is 0 Å². The van der Waals surface area contributed by atoms with Crippen LogP contribution < -0.4 is 4.90 Å². The first kappa shape index (κ1) is 11.0. The molecule has 90 valence electrons. The van der Waals surface area contributed by atoms with Gasteiger partial charge in [0.05, 0.1) is 13.2 Å². The number of fused-ring (bicyclic) bond motifs is 1. The topological polar surface area (TPSA) is 66.9 Å². The normalized spacial score (nSPS) is 16.7. The minimum absolute atomic E-state index is 0.169. The van der Waals surface area contributed by atoms with E-state index >= 15 is 0 Å². The molecule has 1 aliphatic rings. The maximum Gasteiger partial charge on any atom is 0.226 e. The van der Waals surface area contributed by atoms with E-state index in [-0.39, 0.29) is 10.6 Å². The van der Waals surface area contributed by atoms with Gasteiger partial charge in [0.15, 0.2) is 11.5 Å². The molecular formula is C9H9Cl2N5O. The van der Waals surface area contributed by atoms with Crippen molar-refractivity contribution in [2.75, 3.05) is 31.2 Å². The minimum Gasteiger partial charge on any atom is -0.378 e. The van der Waals surface area contributed by atoms with Gasteiger partial charge in [0.1, 0.15) is 5.52 Å². The highest BCUT2D eigenvalue weighted by Crippen LogP contribution is 2.25.